The van der Waals surface area contributed by atoms with E-state index in [1.54, 1.807) is 25.5 Å². The smallest absolute Gasteiger partial charge is 0.339 e. The third-order valence-electron chi connectivity index (χ3n) is 3.83. The zero-order valence-electron chi connectivity index (χ0n) is 13.8. The number of hydrogen-bond donors (Lipinski definition) is 1. The summed E-state index contributed by atoms with van der Waals surface area (Å²) in [5.74, 6) is -2.62. The van der Waals surface area contributed by atoms with Crippen molar-refractivity contribution in [2.75, 3.05) is 13.7 Å². The molecule has 0 fully saturated rings. The van der Waals surface area contributed by atoms with Crippen molar-refractivity contribution in [3.8, 4) is 17.0 Å². The normalized spacial score (nSPS) is 10.5. The van der Waals surface area contributed by atoms with Gasteiger partial charge in [-0.05, 0) is 32.0 Å². The molecule has 128 valence electrons. The summed E-state index contributed by atoms with van der Waals surface area (Å²) in [6.07, 6.45) is 0. The van der Waals surface area contributed by atoms with Gasteiger partial charge < -0.3 is 19.1 Å². The number of aromatic carboxylic acids is 1. The summed E-state index contributed by atoms with van der Waals surface area (Å²) >= 11 is 0. The van der Waals surface area contributed by atoms with Crippen molar-refractivity contribution in [2.45, 2.75) is 13.8 Å². The van der Waals surface area contributed by atoms with Crippen LogP contribution in [0.25, 0.3) is 11.3 Å². The van der Waals surface area contributed by atoms with Crippen LogP contribution in [0.3, 0.4) is 0 Å². The van der Waals surface area contributed by atoms with Gasteiger partial charge in [-0.25, -0.2) is 14.0 Å². The lowest BCUT2D eigenvalue weighted by molar-refractivity contribution is 0.0525. The number of carboxylic acids is 1. The Hall–Kier alpha value is -2.83. The molecule has 0 atom stereocenters. The number of carboxylic acid groups (broad SMARTS) is 1. The molecule has 2 aromatic rings. The number of methoxy groups -OCH3 is 1. The second kappa shape index (κ2) is 6.74. The first kappa shape index (κ1) is 17.5. The molecule has 1 aromatic heterocycles. The monoisotopic (exact) mass is 335 g/mol. The predicted molar refractivity (Wildman–Crippen MR) is 85.0 cm³/mol. The molecule has 0 saturated carbocycles. The third kappa shape index (κ3) is 2.97. The van der Waals surface area contributed by atoms with Gasteiger partial charge in [0.2, 0.25) is 0 Å². The minimum atomic E-state index is -1.27. The number of esters is 1. The van der Waals surface area contributed by atoms with E-state index in [9.17, 15) is 19.1 Å². The summed E-state index contributed by atoms with van der Waals surface area (Å²) in [6, 6.07) is 3.75. The van der Waals surface area contributed by atoms with Gasteiger partial charge in [0.05, 0.1) is 24.8 Å². The number of hydrogen-bond acceptors (Lipinski definition) is 4. The average Bonchev–Trinajstić information content (AvgIpc) is 2.83. The van der Waals surface area contributed by atoms with Crippen molar-refractivity contribution in [3.63, 3.8) is 0 Å². The van der Waals surface area contributed by atoms with Crippen molar-refractivity contribution < 1.29 is 28.6 Å². The van der Waals surface area contributed by atoms with E-state index in [0.29, 0.717) is 17.0 Å². The lowest BCUT2D eigenvalue weighted by Crippen LogP contribution is -2.06. The quantitative estimate of drug-likeness (QED) is 0.850. The van der Waals surface area contributed by atoms with Crippen LogP contribution < -0.4 is 4.74 Å². The molecule has 0 aliphatic heterocycles. The Morgan fingerprint density at radius 2 is 1.92 bits per heavy atom. The van der Waals surface area contributed by atoms with Crippen LogP contribution in [0.2, 0.25) is 0 Å². The molecule has 7 heteroatoms. The number of aromatic nitrogens is 1. The first-order chi connectivity index (χ1) is 11.3. The number of halogens is 1. The van der Waals surface area contributed by atoms with Crippen LogP contribution in [0.5, 0.6) is 5.75 Å². The molecule has 0 amide bonds. The fraction of sp³-hybridized carbons (Fsp3) is 0.294. The number of carbonyl (C=O) groups excluding carboxylic acids is 1. The zero-order valence-corrected chi connectivity index (χ0v) is 13.8. The van der Waals surface area contributed by atoms with Gasteiger partial charge in [0.15, 0.2) is 11.6 Å². The molecule has 2 rings (SSSR count). The maximum absolute atomic E-state index is 13.9. The predicted octanol–water partition coefficient (Wildman–Crippen LogP) is 3.02. The number of rotatable bonds is 5. The molecule has 0 spiro atoms. The maximum atomic E-state index is 13.9. The van der Waals surface area contributed by atoms with Crippen LogP contribution in [-0.4, -0.2) is 35.3 Å². The van der Waals surface area contributed by atoms with Gasteiger partial charge in [-0.3, -0.25) is 0 Å². The number of nitrogens with zero attached hydrogens (tertiary/aromatic N) is 1. The summed E-state index contributed by atoms with van der Waals surface area (Å²) in [5, 5.41) is 9.37. The van der Waals surface area contributed by atoms with Gasteiger partial charge in [-0.1, -0.05) is 0 Å². The van der Waals surface area contributed by atoms with E-state index in [4.69, 9.17) is 9.47 Å². The fourth-order valence-corrected chi connectivity index (χ4v) is 2.47. The molecule has 6 nitrogen and oxygen atoms in total. The summed E-state index contributed by atoms with van der Waals surface area (Å²) in [7, 11) is 2.98. The largest absolute Gasteiger partial charge is 0.494 e. The van der Waals surface area contributed by atoms with E-state index in [1.807, 2.05) is 0 Å². The second-order valence-corrected chi connectivity index (χ2v) is 5.15. The standard InChI is InChI=1S/C17H18FNO5/c1-5-24-17(22)10-7-14(19(3)9(10)2)11-8-15(23-4)13(18)6-12(11)16(20)21/h6-8H,5H2,1-4H3,(H,20,21). The summed E-state index contributed by atoms with van der Waals surface area (Å²) in [6.45, 7) is 3.65. The van der Waals surface area contributed by atoms with Crippen molar-refractivity contribution >= 4 is 11.9 Å². The Balaban J connectivity index is 2.70. The molecule has 0 unspecified atom stereocenters. The summed E-state index contributed by atoms with van der Waals surface area (Å²) in [4.78, 5) is 23.5. The van der Waals surface area contributed by atoms with Crippen LogP contribution in [0, 0.1) is 12.7 Å². The molecule has 0 aliphatic carbocycles. The number of carbonyl (C=O) groups is 2. The van der Waals surface area contributed by atoms with E-state index in [0.717, 1.165) is 6.07 Å². The highest BCUT2D eigenvalue weighted by atomic mass is 19.1. The average molecular weight is 335 g/mol. The van der Waals surface area contributed by atoms with E-state index < -0.39 is 17.8 Å². The Labute approximate surface area is 138 Å². The van der Waals surface area contributed by atoms with Gasteiger partial charge in [0.25, 0.3) is 0 Å². The van der Waals surface area contributed by atoms with Gasteiger partial charge >= 0.3 is 11.9 Å². The topological polar surface area (TPSA) is 77.8 Å². The Bertz CT molecular complexity index is 810. The van der Waals surface area contributed by atoms with E-state index >= 15 is 0 Å². The molecular weight excluding hydrogens is 317 g/mol. The van der Waals surface area contributed by atoms with Gasteiger partial charge in [-0.2, -0.15) is 0 Å². The van der Waals surface area contributed by atoms with E-state index in [2.05, 4.69) is 0 Å². The molecule has 1 N–H and O–H groups in total. The lowest BCUT2D eigenvalue weighted by atomic mass is 10.0. The van der Waals surface area contributed by atoms with E-state index in [1.165, 1.54) is 19.2 Å². The van der Waals surface area contributed by atoms with Crippen molar-refractivity contribution in [1.82, 2.24) is 4.57 Å². The van der Waals surface area contributed by atoms with Gasteiger partial charge in [0, 0.05) is 24.0 Å². The molecule has 0 radical (unpaired) electrons. The van der Waals surface area contributed by atoms with E-state index in [-0.39, 0.29) is 23.5 Å². The highest BCUT2D eigenvalue weighted by Gasteiger charge is 2.23. The molecule has 0 bridgehead atoms. The second-order valence-electron chi connectivity index (χ2n) is 5.15. The Morgan fingerprint density at radius 3 is 2.46 bits per heavy atom. The maximum Gasteiger partial charge on any atom is 0.339 e. The third-order valence-corrected chi connectivity index (χ3v) is 3.83. The van der Waals surface area contributed by atoms with Crippen molar-refractivity contribution in [3.05, 3.63) is 40.8 Å². The van der Waals surface area contributed by atoms with Crippen molar-refractivity contribution in [2.24, 2.45) is 7.05 Å². The zero-order chi connectivity index (χ0) is 18.0. The highest BCUT2D eigenvalue weighted by Crippen LogP contribution is 2.33. The highest BCUT2D eigenvalue weighted by molar-refractivity contribution is 5.98. The van der Waals surface area contributed by atoms with Gasteiger partial charge in [0.1, 0.15) is 0 Å². The minimum Gasteiger partial charge on any atom is -0.494 e. The molecular formula is C17H18FNO5. The lowest BCUT2D eigenvalue weighted by Gasteiger charge is -2.11. The minimum absolute atomic E-state index is 0.0773. The van der Waals surface area contributed by atoms with Crippen LogP contribution in [0.1, 0.15) is 33.3 Å². The van der Waals surface area contributed by atoms with Crippen LogP contribution in [0.4, 0.5) is 4.39 Å². The first-order valence-electron chi connectivity index (χ1n) is 7.26. The van der Waals surface area contributed by atoms with Gasteiger partial charge in [-0.15, -0.1) is 0 Å². The van der Waals surface area contributed by atoms with Crippen molar-refractivity contribution in [1.29, 1.82) is 0 Å². The number of benzene rings is 1. The Morgan fingerprint density at radius 1 is 1.25 bits per heavy atom. The number of ether oxygens (including phenoxy) is 2. The van der Waals surface area contributed by atoms with Crippen LogP contribution in [-0.2, 0) is 11.8 Å². The van der Waals surface area contributed by atoms with Crippen LogP contribution >= 0.6 is 0 Å². The molecule has 1 aromatic carbocycles. The molecule has 0 saturated heterocycles. The molecule has 1 heterocycles. The Kier molecular flexibility index (Phi) is 4.92. The first-order valence-corrected chi connectivity index (χ1v) is 7.26. The summed E-state index contributed by atoms with van der Waals surface area (Å²) < 4.78 is 25.4. The molecule has 0 aliphatic rings. The van der Waals surface area contributed by atoms with Crippen LogP contribution in [0.15, 0.2) is 18.2 Å². The fourth-order valence-electron chi connectivity index (χ4n) is 2.47. The summed E-state index contributed by atoms with van der Waals surface area (Å²) in [5.41, 5.74) is 1.43. The molecule has 24 heavy (non-hydrogen) atoms. The SMILES string of the molecule is CCOC(=O)c1cc(-c2cc(OC)c(F)cc2C(=O)O)n(C)c1C.